The molecule has 2 aliphatic heterocycles. The Labute approximate surface area is 154 Å². The topological polar surface area (TPSA) is 57.3 Å². The number of hydrogen-bond acceptors (Lipinski definition) is 4. The fraction of sp³-hybridized carbons (Fsp3) is 0.600. The average molecular weight is 382 g/mol. The fourth-order valence-corrected chi connectivity index (χ4v) is 3.36. The van der Waals surface area contributed by atoms with E-state index in [1.807, 2.05) is 12.1 Å². The summed E-state index contributed by atoms with van der Waals surface area (Å²) in [5.41, 5.74) is 0. The number of amides is 1. The molecule has 2 fully saturated rings. The van der Waals surface area contributed by atoms with Gasteiger partial charge in [-0.3, -0.25) is 4.79 Å². The van der Waals surface area contributed by atoms with Crippen molar-refractivity contribution in [3.05, 3.63) is 23.4 Å². The lowest BCUT2D eigenvalue weighted by molar-refractivity contribution is -0.122. The van der Waals surface area contributed by atoms with Crippen molar-refractivity contribution in [2.75, 3.05) is 24.5 Å². The maximum atomic E-state index is 12.1. The molecule has 3 rings (SSSR count). The molecule has 3 heterocycles. The minimum Gasteiger partial charge on any atom is -0.353 e. The Morgan fingerprint density at radius 2 is 2.26 bits per heavy atom. The molecule has 0 radical (unpaired) electrons. The van der Waals surface area contributed by atoms with Gasteiger partial charge in [-0.15, -0.1) is 24.8 Å². The third-order valence-electron chi connectivity index (χ3n) is 4.19. The number of halogens is 3. The molecule has 5 nitrogen and oxygen atoms in total. The van der Waals surface area contributed by atoms with Crippen molar-refractivity contribution < 1.29 is 4.79 Å². The smallest absolute Gasteiger partial charge is 0.221 e. The predicted octanol–water partition coefficient (Wildman–Crippen LogP) is 2.42. The second kappa shape index (κ2) is 9.52. The Hall–Kier alpha value is -0.750. The highest BCUT2D eigenvalue weighted by molar-refractivity contribution is 6.32. The quantitative estimate of drug-likeness (QED) is 0.841. The summed E-state index contributed by atoms with van der Waals surface area (Å²) in [5, 5.41) is 7.16. The Balaban J connectivity index is 0.00000132. The SMILES string of the molecule is Cl.Cl.O=C(CC1CCCN1)NC1CCN(c2ncccc2Cl)C1. The lowest BCUT2D eigenvalue weighted by Gasteiger charge is -2.19. The van der Waals surface area contributed by atoms with Gasteiger partial charge in [-0.05, 0) is 37.9 Å². The van der Waals surface area contributed by atoms with Crippen molar-refractivity contribution in [2.24, 2.45) is 0 Å². The first-order valence-electron chi connectivity index (χ1n) is 7.60. The summed E-state index contributed by atoms with van der Waals surface area (Å²) in [6.45, 7) is 2.69. The summed E-state index contributed by atoms with van der Waals surface area (Å²) in [5.74, 6) is 0.960. The molecule has 1 aromatic rings. The van der Waals surface area contributed by atoms with Gasteiger partial charge in [0.05, 0.1) is 5.02 Å². The van der Waals surface area contributed by atoms with Crippen LogP contribution in [0.25, 0.3) is 0 Å². The minimum atomic E-state index is 0. The van der Waals surface area contributed by atoms with Gasteiger partial charge in [0, 0.05) is 37.8 Å². The zero-order valence-corrected chi connectivity index (χ0v) is 15.2. The number of aromatic nitrogens is 1. The van der Waals surface area contributed by atoms with Crippen molar-refractivity contribution in [1.29, 1.82) is 0 Å². The van der Waals surface area contributed by atoms with Crippen LogP contribution < -0.4 is 15.5 Å². The van der Waals surface area contributed by atoms with E-state index in [1.165, 1.54) is 6.42 Å². The molecule has 0 saturated carbocycles. The molecule has 23 heavy (non-hydrogen) atoms. The van der Waals surface area contributed by atoms with Gasteiger partial charge in [0.2, 0.25) is 5.91 Å². The van der Waals surface area contributed by atoms with Gasteiger partial charge in [0.15, 0.2) is 0 Å². The predicted molar refractivity (Wildman–Crippen MR) is 98.1 cm³/mol. The largest absolute Gasteiger partial charge is 0.353 e. The number of anilines is 1. The maximum Gasteiger partial charge on any atom is 0.221 e. The van der Waals surface area contributed by atoms with Gasteiger partial charge in [0.25, 0.3) is 0 Å². The summed E-state index contributed by atoms with van der Waals surface area (Å²) < 4.78 is 0. The van der Waals surface area contributed by atoms with Crippen LogP contribution in [0, 0.1) is 0 Å². The molecule has 8 heteroatoms. The van der Waals surface area contributed by atoms with Crippen molar-refractivity contribution in [3.8, 4) is 0 Å². The third kappa shape index (κ3) is 5.38. The summed E-state index contributed by atoms with van der Waals surface area (Å²) in [6.07, 6.45) is 5.55. The molecule has 0 aromatic carbocycles. The van der Waals surface area contributed by atoms with Crippen LogP contribution in [0.3, 0.4) is 0 Å². The van der Waals surface area contributed by atoms with E-state index < -0.39 is 0 Å². The first-order valence-corrected chi connectivity index (χ1v) is 7.98. The standard InChI is InChI=1S/C15H21ClN4O.2ClH/c16-13-4-2-7-18-15(13)20-8-5-12(10-20)19-14(21)9-11-3-1-6-17-11;;/h2,4,7,11-12,17H,1,3,5-6,8-10H2,(H,19,21);2*1H. The monoisotopic (exact) mass is 380 g/mol. The Bertz CT molecular complexity index is 511. The number of nitrogens with zero attached hydrogens (tertiary/aromatic N) is 2. The van der Waals surface area contributed by atoms with Crippen molar-refractivity contribution in [1.82, 2.24) is 15.6 Å². The molecule has 130 valence electrons. The first kappa shape index (κ1) is 20.3. The second-order valence-electron chi connectivity index (χ2n) is 5.81. The minimum absolute atomic E-state index is 0. The van der Waals surface area contributed by atoms with E-state index >= 15 is 0 Å². The highest BCUT2D eigenvalue weighted by Gasteiger charge is 2.27. The number of carbonyl (C=O) groups is 1. The molecular formula is C15H23Cl3N4O. The molecule has 0 aliphatic carbocycles. The second-order valence-corrected chi connectivity index (χ2v) is 6.21. The highest BCUT2D eigenvalue weighted by Crippen LogP contribution is 2.25. The van der Waals surface area contributed by atoms with Crippen molar-refractivity contribution >= 4 is 48.1 Å². The van der Waals surface area contributed by atoms with Crippen molar-refractivity contribution in [3.63, 3.8) is 0 Å². The molecule has 1 aromatic heterocycles. The number of pyridine rings is 1. The van der Waals surface area contributed by atoms with Crippen LogP contribution in [0.5, 0.6) is 0 Å². The maximum absolute atomic E-state index is 12.1. The third-order valence-corrected chi connectivity index (χ3v) is 4.48. The molecule has 0 spiro atoms. The zero-order chi connectivity index (χ0) is 14.7. The number of hydrogen-bond donors (Lipinski definition) is 2. The Morgan fingerprint density at radius 3 is 2.96 bits per heavy atom. The lowest BCUT2D eigenvalue weighted by Crippen LogP contribution is -2.40. The summed E-state index contributed by atoms with van der Waals surface area (Å²) in [7, 11) is 0. The Morgan fingerprint density at radius 1 is 1.43 bits per heavy atom. The fourth-order valence-electron chi connectivity index (χ4n) is 3.12. The van der Waals surface area contributed by atoms with Gasteiger partial charge >= 0.3 is 0 Å². The van der Waals surface area contributed by atoms with Crippen molar-refractivity contribution in [2.45, 2.75) is 37.8 Å². The average Bonchev–Trinajstić information content (AvgIpc) is 3.11. The van der Waals surface area contributed by atoms with E-state index in [2.05, 4.69) is 20.5 Å². The van der Waals surface area contributed by atoms with E-state index in [1.54, 1.807) is 6.20 Å². The Kier molecular flexibility index (Phi) is 8.40. The van der Waals surface area contributed by atoms with Gasteiger partial charge in [-0.1, -0.05) is 11.6 Å². The first-order chi connectivity index (χ1) is 10.2. The zero-order valence-electron chi connectivity index (χ0n) is 12.8. The van der Waals surface area contributed by atoms with Crippen LogP contribution in [0.1, 0.15) is 25.7 Å². The molecule has 2 aliphatic rings. The summed E-state index contributed by atoms with van der Waals surface area (Å²) >= 11 is 6.17. The normalized spacial score (nSPS) is 23.1. The van der Waals surface area contributed by atoms with Gasteiger partial charge < -0.3 is 15.5 Å². The van der Waals surface area contributed by atoms with Crippen LogP contribution in [-0.4, -0.2) is 42.6 Å². The lowest BCUT2D eigenvalue weighted by atomic mass is 10.1. The molecule has 2 N–H and O–H groups in total. The van der Waals surface area contributed by atoms with E-state index in [-0.39, 0.29) is 36.8 Å². The summed E-state index contributed by atoms with van der Waals surface area (Å²) in [4.78, 5) is 18.5. The van der Waals surface area contributed by atoms with E-state index in [0.29, 0.717) is 17.5 Å². The van der Waals surface area contributed by atoms with Gasteiger partial charge in [-0.25, -0.2) is 4.98 Å². The van der Waals surface area contributed by atoms with E-state index in [9.17, 15) is 4.79 Å². The number of carbonyl (C=O) groups excluding carboxylic acids is 1. The van der Waals surface area contributed by atoms with Crippen LogP contribution in [0.15, 0.2) is 18.3 Å². The van der Waals surface area contributed by atoms with E-state index in [0.717, 1.165) is 38.3 Å². The molecular weight excluding hydrogens is 359 g/mol. The molecule has 1 amide bonds. The van der Waals surface area contributed by atoms with E-state index in [4.69, 9.17) is 11.6 Å². The molecule has 2 atom stereocenters. The van der Waals surface area contributed by atoms with Crippen LogP contribution >= 0.6 is 36.4 Å². The van der Waals surface area contributed by atoms with Crippen LogP contribution in [0.2, 0.25) is 5.02 Å². The highest BCUT2D eigenvalue weighted by atomic mass is 35.5. The molecule has 0 bridgehead atoms. The van der Waals surface area contributed by atoms with Crippen LogP contribution in [0.4, 0.5) is 5.82 Å². The molecule has 2 saturated heterocycles. The van der Waals surface area contributed by atoms with Gasteiger partial charge in [0.1, 0.15) is 5.82 Å². The van der Waals surface area contributed by atoms with Gasteiger partial charge in [-0.2, -0.15) is 0 Å². The van der Waals surface area contributed by atoms with Crippen LogP contribution in [-0.2, 0) is 4.79 Å². The summed E-state index contributed by atoms with van der Waals surface area (Å²) in [6, 6.07) is 4.22. The number of nitrogens with one attached hydrogen (secondary N) is 2. The number of rotatable bonds is 4. The molecule has 2 unspecified atom stereocenters.